The molecular weight excluding hydrogens is 328 g/mol. The fourth-order valence-electron chi connectivity index (χ4n) is 5.97. The maximum Gasteiger partial charge on any atom is 0.0317 e. The molecule has 2 nitrogen and oxygen atoms in total. The van der Waals surface area contributed by atoms with Crippen LogP contribution < -0.4 is 11.5 Å². The van der Waals surface area contributed by atoms with Crippen LogP contribution in [0.5, 0.6) is 0 Å². The minimum Gasteiger partial charge on any atom is -0.399 e. The fraction of sp³-hybridized carbons (Fsp3) is 0.520. The minimum absolute atomic E-state index is 0.00741. The Bertz CT molecular complexity index is 835. The third-order valence-corrected chi connectivity index (χ3v) is 8.24. The number of nitrogens with two attached hydrogens (primary N) is 2. The summed E-state index contributed by atoms with van der Waals surface area (Å²) in [5, 5.41) is 0. The molecule has 2 heteroatoms. The summed E-state index contributed by atoms with van der Waals surface area (Å²) < 4.78 is 0. The highest BCUT2D eigenvalue weighted by molar-refractivity contribution is 5.65. The predicted octanol–water partition coefficient (Wildman–Crippen LogP) is 5.77. The molecule has 2 aromatic rings. The molecule has 0 bridgehead atoms. The Labute approximate surface area is 164 Å². The number of hydrogen-bond donors (Lipinski definition) is 2. The zero-order valence-electron chi connectivity index (χ0n) is 17.7. The SMILES string of the molecule is CC(C)C1(C)CC2(CC(C)(C(C)C)c3ccc(N)cc32)c2cc(N)ccc21. The molecule has 27 heavy (non-hydrogen) atoms. The molecule has 2 aliphatic carbocycles. The molecule has 2 aliphatic rings. The van der Waals surface area contributed by atoms with Gasteiger partial charge in [0.05, 0.1) is 0 Å². The summed E-state index contributed by atoms with van der Waals surface area (Å²) in [7, 11) is 0. The van der Waals surface area contributed by atoms with Crippen LogP contribution in [0.3, 0.4) is 0 Å². The first-order valence-electron chi connectivity index (χ1n) is 10.4. The molecule has 4 rings (SSSR count). The van der Waals surface area contributed by atoms with Gasteiger partial charge < -0.3 is 11.5 Å². The zero-order chi connectivity index (χ0) is 19.8. The molecule has 2 atom stereocenters. The van der Waals surface area contributed by atoms with Crippen LogP contribution in [0.15, 0.2) is 36.4 Å². The average Bonchev–Trinajstić information content (AvgIpc) is 2.99. The predicted molar refractivity (Wildman–Crippen MR) is 116 cm³/mol. The molecule has 144 valence electrons. The van der Waals surface area contributed by atoms with Crippen molar-refractivity contribution in [1.82, 2.24) is 0 Å². The van der Waals surface area contributed by atoms with Crippen LogP contribution in [0, 0.1) is 11.8 Å². The molecule has 0 saturated carbocycles. The van der Waals surface area contributed by atoms with Crippen molar-refractivity contribution < 1.29 is 0 Å². The van der Waals surface area contributed by atoms with E-state index in [4.69, 9.17) is 11.5 Å². The molecule has 0 amide bonds. The third kappa shape index (κ3) is 2.25. The highest BCUT2D eigenvalue weighted by atomic mass is 14.6. The largest absolute Gasteiger partial charge is 0.399 e. The van der Waals surface area contributed by atoms with Crippen molar-refractivity contribution in [3.63, 3.8) is 0 Å². The highest BCUT2D eigenvalue weighted by Crippen LogP contribution is 2.65. The molecule has 1 spiro atoms. The Hall–Kier alpha value is -1.96. The summed E-state index contributed by atoms with van der Waals surface area (Å²) in [5.41, 5.74) is 20.5. The van der Waals surface area contributed by atoms with Gasteiger partial charge in [-0.25, -0.2) is 0 Å². The normalized spacial score (nSPS) is 31.7. The number of rotatable bonds is 2. The summed E-state index contributed by atoms with van der Waals surface area (Å²) in [4.78, 5) is 0. The van der Waals surface area contributed by atoms with Gasteiger partial charge in [-0.05, 0) is 82.0 Å². The summed E-state index contributed by atoms with van der Waals surface area (Å²) in [5.74, 6) is 1.13. The molecule has 0 saturated heterocycles. The Kier molecular flexibility index (Phi) is 3.77. The Morgan fingerprint density at radius 3 is 1.37 bits per heavy atom. The molecule has 0 fully saturated rings. The van der Waals surface area contributed by atoms with Crippen LogP contribution in [-0.2, 0) is 16.2 Å². The van der Waals surface area contributed by atoms with Gasteiger partial charge in [0.25, 0.3) is 0 Å². The van der Waals surface area contributed by atoms with Crippen LogP contribution in [0.4, 0.5) is 11.4 Å². The summed E-state index contributed by atoms with van der Waals surface area (Å²) >= 11 is 0. The zero-order valence-corrected chi connectivity index (χ0v) is 17.7. The van der Waals surface area contributed by atoms with Gasteiger partial charge in [-0.1, -0.05) is 53.7 Å². The second-order valence-electron chi connectivity index (χ2n) is 10.2. The van der Waals surface area contributed by atoms with Crippen molar-refractivity contribution in [2.45, 2.75) is 70.6 Å². The monoisotopic (exact) mass is 362 g/mol. The van der Waals surface area contributed by atoms with Crippen LogP contribution in [0.25, 0.3) is 0 Å². The molecule has 0 radical (unpaired) electrons. The summed E-state index contributed by atoms with van der Waals surface area (Å²) in [6.07, 6.45) is 2.27. The molecule has 0 aliphatic heterocycles. The first kappa shape index (κ1) is 18.4. The molecule has 4 N–H and O–H groups in total. The van der Waals surface area contributed by atoms with Crippen molar-refractivity contribution in [1.29, 1.82) is 0 Å². The minimum atomic E-state index is 0.00741. The van der Waals surface area contributed by atoms with Gasteiger partial charge in [0.2, 0.25) is 0 Å². The summed E-state index contributed by atoms with van der Waals surface area (Å²) in [6.45, 7) is 14.3. The molecule has 0 aromatic heterocycles. The second-order valence-corrected chi connectivity index (χ2v) is 10.2. The van der Waals surface area contributed by atoms with E-state index in [2.05, 4.69) is 77.9 Å². The third-order valence-electron chi connectivity index (χ3n) is 8.24. The van der Waals surface area contributed by atoms with E-state index in [1.54, 1.807) is 0 Å². The topological polar surface area (TPSA) is 52.0 Å². The first-order valence-corrected chi connectivity index (χ1v) is 10.4. The maximum absolute atomic E-state index is 6.30. The van der Waals surface area contributed by atoms with E-state index in [1.807, 2.05) is 0 Å². The number of nitrogen functional groups attached to an aromatic ring is 2. The van der Waals surface area contributed by atoms with E-state index in [0.29, 0.717) is 11.8 Å². The second kappa shape index (κ2) is 5.53. The van der Waals surface area contributed by atoms with Crippen molar-refractivity contribution >= 4 is 11.4 Å². The Balaban J connectivity index is 2.06. The van der Waals surface area contributed by atoms with E-state index >= 15 is 0 Å². The lowest BCUT2D eigenvalue weighted by Crippen LogP contribution is -2.33. The van der Waals surface area contributed by atoms with E-state index in [1.165, 1.54) is 22.3 Å². The Morgan fingerprint density at radius 2 is 1.04 bits per heavy atom. The van der Waals surface area contributed by atoms with Gasteiger partial charge in [0.1, 0.15) is 0 Å². The van der Waals surface area contributed by atoms with Crippen LogP contribution in [0.2, 0.25) is 0 Å². The van der Waals surface area contributed by atoms with E-state index in [-0.39, 0.29) is 16.2 Å². The van der Waals surface area contributed by atoms with Gasteiger partial charge in [-0.3, -0.25) is 0 Å². The van der Waals surface area contributed by atoms with Gasteiger partial charge in [-0.2, -0.15) is 0 Å². The smallest absolute Gasteiger partial charge is 0.0317 e. The first-order chi connectivity index (χ1) is 12.5. The van der Waals surface area contributed by atoms with E-state index in [0.717, 1.165) is 24.2 Å². The molecule has 2 aromatic carbocycles. The number of benzene rings is 2. The van der Waals surface area contributed by atoms with Crippen molar-refractivity contribution in [3.8, 4) is 0 Å². The maximum atomic E-state index is 6.30. The van der Waals surface area contributed by atoms with Crippen LogP contribution in [0.1, 0.15) is 76.6 Å². The average molecular weight is 363 g/mol. The van der Waals surface area contributed by atoms with Crippen LogP contribution in [-0.4, -0.2) is 0 Å². The van der Waals surface area contributed by atoms with Gasteiger partial charge >= 0.3 is 0 Å². The summed E-state index contributed by atoms with van der Waals surface area (Å²) in [6, 6.07) is 13.2. The van der Waals surface area contributed by atoms with Gasteiger partial charge in [0, 0.05) is 16.8 Å². The lowest BCUT2D eigenvalue weighted by atomic mass is 9.67. The lowest BCUT2D eigenvalue weighted by molar-refractivity contribution is 0.245. The number of fused-ring (bicyclic) bond motifs is 4. The van der Waals surface area contributed by atoms with E-state index in [9.17, 15) is 0 Å². The standard InChI is InChI=1S/C25H34N2/c1-15(2)23(5)13-25(21-11-17(26)7-9-19(21)23)14-24(6,16(3)4)20-10-8-18(27)12-22(20)25/h7-12,15-16H,13-14,26-27H2,1-6H3. The number of anilines is 2. The Morgan fingerprint density at radius 1 is 0.667 bits per heavy atom. The lowest BCUT2D eigenvalue weighted by Gasteiger charge is -2.36. The van der Waals surface area contributed by atoms with E-state index < -0.39 is 0 Å². The molecule has 0 heterocycles. The van der Waals surface area contributed by atoms with Crippen molar-refractivity contribution in [3.05, 3.63) is 58.7 Å². The van der Waals surface area contributed by atoms with Crippen LogP contribution >= 0.6 is 0 Å². The molecular formula is C25H34N2. The van der Waals surface area contributed by atoms with Gasteiger partial charge in [0.15, 0.2) is 0 Å². The van der Waals surface area contributed by atoms with Crippen molar-refractivity contribution in [2.75, 3.05) is 11.5 Å². The highest BCUT2D eigenvalue weighted by Gasteiger charge is 2.59. The number of hydrogen-bond acceptors (Lipinski definition) is 2. The fourth-order valence-corrected chi connectivity index (χ4v) is 5.97. The quantitative estimate of drug-likeness (QED) is 0.666. The van der Waals surface area contributed by atoms with Crippen molar-refractivity contribution in [2.24, 2.45) is 11.8 Å². The van der Waals surface area contributed by atoms with Gasteiger partial charge in [-0.15, -0.1) is 0 Å². The molecule has 2 unspecified atom stereocenters.